The molecule has 2 fully saturated rings. The molecule has 1 aliphatic carbocycles. The van der Waals surface area contributed by atoms with Crippen LogP contribution in [0.25, 0.3) is 0 Å². The number of aromatic nitrogens is 1. The molecule has 1 saturated heterocycles. The molecule has 1 aromatic carbocycles. The molecule has 10 heteroatoms. The number of benzene rings is 1. The van der Waals surface area contributed by atoms with Gasteiger partial charge in [-0.2, -0.15) is 13.2 Å². The standard InChI is InChI=1S/C24H30F3N3O3S/c25-24(26,27)34(31,32)29-22-13-15-30(23-8-4-5-14-28-23)16-20(22)17-33-21-11-9-19(10-12-21)18-6-2-1-3-7-18/h1-8,14,19-22,29H,9-13,15-17H2/t19?,20?,21?,22-/m0/s1. The van der Waals surface area contributed by atoms with Gasteiger partial charge in [0.25, 0.3) is 0 Å². The molecule has 0 radical (unpaired) electrons. The molecule has 2 aromatic rings. The van der Waals surface area contributed by atoms with Crippen LogP contribution in [0.5, 0.6) is 0 Å². The summed E-state index contributed by atoms with van der Waals surface area (Å²) in [5.41, 5.74) is -4.02. The highest BCUT2D eigenvalue weighted by atomic mass is 32.2. The molecule has 0 spiro atoms. The van der Waals surface area contributed by atoms with Crippen LogP contribution in [0.1, 0.15) is 43.6 Å². The van der Waals surface area contributed by atoms with Gasteiger partial charge in [-0.15, -0.1) is 0 Å². The number of nitrogens with one attached hydrogen (secondary N) is 1. The van der Waals surface area contributed by atoms with Gasteiger partial charge in [0.2, 0.25) is 0 Å². The minimum absolute atomic E-state index is 0.0186. The summed E-state index contributed by atoms with van der Waals surface area (Å²) in [6, 6.07) is 15.0. The Kier molecular flexibility index (Phi) is 7.79. The zero-order valence-corrected chi connectivity index (χ0v) is 19.6. The Morgan fingerprint density at radius 2 is 1.71 bits per heavy atom. The molecule has 0 amide bonds. The van der Waals surface area contributed by atoms with E-state index in [1.165, 1.54) is 5.56 Å². The topological polar surface area (TPSA) is 71.5 Å². The fraction of sp³-hybridized carbons (Fsp3) is 0.542. The van der Waals surface area contributed by atoms with Gasteiger partial charge in [0.15, 0.2) is 0 Å². The van der Waals surface area contributed by atoms with Crippen LogP contribution < -0.4 is 9.62 Å². The van der Waals surface area contributed by atoms with Crippen molar-refractivity contribution in [2.45, 2.75) is 55.7 Å². The van der Waals surface area contributed by atoms with E-state index in [2.05, 4.69) is 17.1 Å². The maximum atomic E-state index is 13.0. The third kappa shape index (κ3) is 6.09. The quantitative estimate of drug-likeness (QED) is 0.612. The van der Waals surface area contributed by atoms with E-state index < -0.39 is 27.5 Å². The van der Waals surface area contributed by atoms with Gasteiger partial charge in [-0.05, 0) is 55.7 Å². The molecule has 6 nitrogen and oxygen atoms in total. The molecule has 186 valence electrons. The molecular weight excluding hydrogens is 467 g/mol. The molecule has 2 heterocycles. The lowest BCUT2D eigenvalue weighted by Crippen LogP contribution is -2.54. The molecule has 1 aromatic heterocycles. The van der Waals surface area contributed by atoms with Crippen molar-refractivity contribution in [1.82, 2.24) is 9.71 Å². The van der Waals surface area contributed by atoms with Crippen molar-refractivity contribution in [2.24, 2.45) is 5.92 Å². The van der Waals surface area contributed by atoms with Crippen LogP contribution in [-0.2, 0) is 14.8 Å². The van der Waals surface area contributed by atoms with E-state index in [-0.39, 0.29) is 19.1 Å². The Bertz CT molecular complexity index is 1010. The van der Waals surface area contributed by atoms with Crippen LogP contribution in [0.3, 0.4) is 0 Å². The van der Waals surface area contributed by atoms with Gasteiger partial charge in [-0.25, -0.2) is 18.1 Å². The first kappa shape index (κ1) is 24.9. The Hall–Kier alpha value is -2.17. The summed E-state index contributed by atoms with van der Waals surface area (Å²) in [4.78, 5) is 6.30. The lowest BCUT2D eigenvalue weighted by atomic mass is 9.82. The fourth-order valence-electron chi connectivity index (χ4n) is 4.92. The van der Waals surface area contributed by atoms with Crippen LogP contribution in [0, 0.1) is 5.92 Å². The number of alkyl halides is 3. The largest absolute Gasteiger partial charge is 0.511 e. The highest BCUT2D eigenvalue weighted by molar-refractivity contribution is 7.90. The summed E-state index contributed by atoms with van der Waals surface area (Å²) in [6.45, 7) is 0.956. The highest BCUT2D eigenvalue weighted by Crippen LogP contribution is 2.34. The van der Waals surface area contributed by atoms with E-state index in [4.69, 9.17) is 4.74 Å². The normalized spacial score (nSPS) is 26.4. The van der Waals surface area contributed by atoms with Crippen LogP contribution in [0.2, 0.25) is 0 Å². The Morgan fingerprint density at radius 3 is 2.35 bits per heavy atom. The van der Waals surface area contributed by atoms with E-state index in [0.29, 0.717) is 24.8 Å². The smallest absolute Gasteiger partial charge is 0.378 e. The number of nitrogens with zero attached hydrogens (tertiary/aromatic N) is 2. The minimum atomic E-state index is -5.43. The average Bonchev–Trinajstić information content (AvgIpc) is 2.84. The summed E-state index contributed by atoms with van der Waals surface area (Å²) in [6.07, 6.45) is 5.63. The second-order valence-corrected chi connectivity index (χ2v) is 10.8. The van der Waals surface area contributed by atoms with E-state index in [1.807, 2.05) is 40.0 Å². The third-order valence-corrected chi connectivity index (χ3v) is 8.03. The monoisotopic (exact) mass is 497 g/mol. The predicted octanol–water partition coefficient (Wildman–Crippen LogP) is 4.46. The molecule has 2 aliphatic rings. The zero-order valence-electron chi connectivity index (χ0n) is 18.8. The summed E-state index contributed by atoms with van der Waals surface area (Å²) >= 11 is 0. The van der Waals surface area contributed by atoms with E-state index >= 15 is 0 Å². The van der Waals surface area contributed by atoms with Crippen molar-refractivity contribution in [3.8, 4) is 0 Å². The predicted molar refractivity (Wildman–Crippen MR) is 124 cm³/mol. The Balaban J connectivity index is 1.39. The summed E-state index contributed by atoms with van der Waals surface area (Å²) < 4.78 is 70.7. The first-order valence-corrected chi connectivity index (χ1v) is 13.1. The van der Waals surface area contributed by atoms with Crippen molar-refractivity contribution in [1.29, 1.82) is 0 Å². The van der Waals surface area contributed by atoms with Crippen molar-refractivity contribution < 1.29 is 26.3 Å². The molecule has 0 bridgehead atoms. The number of halogens is 3. The van der Waals surface area contributed by atoms with Gasteiger partial charge >= 0.3 is 15.5 Å². The average molecular weight is 498 g/mol. The second-order valence-electron chi connectivity index (χ2n) is 9.07. The molecule has 1 N–H and O–H groups in total. The van der Waals surface area contributed by atoms with Crippen LogP contribution in [0.4, 0.5) is 19.0 Å². The molecular formula is C24H30F3N3O3S. The van der Waals surface area contributed by atoms with Gasteiger partial charge in [0.1, 0.15) is 5.82 Å². The van der Waals surface area contributed by atoms with Crippen molar-refractivity contribution in [3.05, 3.63) is 60.3 Å². The number of pyridine rings is 1. The molecule has 1 aliphatic heterocycles. The van der Waals surface area contributed by atoms with Crippen molar-refractivity contribution in [2.75, 3.05) is 24.6 Å². The fourth-order valence-corrected chi connectivity index (χ4v) is 5.76. The highest BCUT2D eigenvalue weighted by Gasteiger charge is 2.48. The van der Waals surface area contributed by atoms with Crippen LogP contribution >= 0.6 is 0 Å². The number of ether oxygens (including phenoxy) is 1. The van der Waals surface area contributed by atoms with E-state index in [9.17, 15) is 21.6 Å². The lowest BCUT2D eigenvalue weighted by Gasteiger charge is -2.40. The first-order valence-electron chi connectivity index (χ1n) is 11.6. The molecule has 2 atom stereocenters. The number of sulfonamides is 1. The summed E-state index contributed by atoms with van der Waals surface area (Å²) in [5, 5.41) is 0. The Labute approximate surface area is 198 Å². The molecule has 1 unspecified atom stereocenters. The lowest BCUT2D eigenvalue weighted by molar-refractivity contribution is -0.0460. The molecule has 34 heavy (non-hydrogen) atoms. The first-order chi connectivity index (χ1) is 16.2. The van der Waals surface area contributed by atoms with Gasteiger partial charge in [0, 0.05) is 31.2 Å². The van der Waals surface area contributed by atoms with E-state index in [1.54, 1.807) is 12.3 Å². The van der Waals surface area contributed by atoms with Crippen LogP contribution in [0.15, 0.2) is 54.7 Å². The number of hydrogen-bond donors (Lipinski definition) is 1. The van der Waals surface area contributed by atoms with Crippen LogP contribution in [-0.4, -0.2) is 50.8 Å². The van der Waals surface area contributed by atoms with Gasteiger partial charge < -0.3 is 9.64 Å². The van der Waals surface area contributed by atoms with Gasteiger partial charge in [0.05, 0.1) is 12.7 Å². The number of anilines is 1. The molecule has 1 saturated carbocycles. The summed E-state index contributed by atoms with van der Waals surface area (Å²) in [7, 11) is -5.43. The van der Waals surface area contributed by atoms with Crippen molar-refractivity contribution in [3.63, 3.8) is 0 Å². The number of hydrogen-bond acceptors (Lipinski definition) is 5. The number of piperidine rings is 1. The van der Waals surface area contributed by atoms with Gasteiger partial charge in [-0.3, -0.25) is 0 Å². The SMILES string of the molecule is O=S(=O)(N[C@H]1CCN(c2ccccn2)CC1COC1CCC(c2ccccc2)CC1)C(F)(F)F. The second kappa shape index (κ2) is 10.6. The zero-order chi connectivity index (χ0) is 24.2. The minimum Gasteiger partial charge on any atom is -0.378 e. The molecule has 4 rings (SSSR count). The Morgan fingerprint density at radius 1 is 1.00 bits per heavy atom. The van der Waals surface area contributed by atoms with Crippen molar-refractivity contribution >= 4 is 15.8 Å². The summed E-state index contributed by atoms with van der Waals surface area (Å²) in [5.74, 6) is 0.773. The maximum absolute atomic E-state index is 13.0. The maximum Gasteiger partial charge on any atom is 0.511 e. The number of rotatable bonds is 7. The third-order valence-electron chi connectivity index (χ3n) is 6.81. The van der Waals surface area contributed by atoms with E-state index in [0.717, 1.165) is 25.7 Å². The van der Waals surface area contributed by atoms with Gasteiger partial charge in [-0.1, -0.05) is 36.4 Å².